The van der Waals surface area contributed by atoms with E-state index in [4.69, 9.17) is 0 Å². The van der Waals surface area contributed by atoms with Gasteiger partial charge in [0, 0.05) is 6.54 Å². The van der Waals surface area contributed by atoms with Crippen LogP contribution in [0.25, 0.3) is 0 Å². The summed E-state index contributed by atoms with van der Waals surface area (Å²) in [5, 5.41) is 3.54. The van der Waals surface area contributed by atoms with Gasteiger partial charge in [-0.3, -0.25) is 0 Å². The Hall–Kier alpha value is -0.0400. The van der Waals surface area contributed by atoms with E-state index >= 15 is 0 Å². The molecule has 1 spiro atoms. The maximum Gasteiger partial charge on any atom is 0.00160 e. The summed E-state index contributed by atoms with van der Waals surface area (Å²) in [6.45, 7) is 9.88. The predicted octanol–water partition coefficient (Wildman–Crippen LogP) is 2.42. The van der Waals surface area contributed by atoms with Crippen LogP contribution in [0.1, 0.15) is 40.0 Å². The minimum Gasteiger partial charge on any atom is -0.316 e. The Morgan fingerprint density at radius 1 is 1.25 bits per heavy atom. The van der Waals surface area contributed by atoms with Crippen LogP contribution in [0.5, 0.6) is 0 Å². The van der Waals surface area contributed by atoms with E-state index in [1.54, 1.807) is 0 Å². The molecular weight excluding hydrogens is 146 g/mol. The Bertz CT molecular complexity index is 177. The summed E-state index contributed by atoms with van der Waals surface area (Å²) >= 11 is 0. The van der Waals surface area contributed by atoms with Crippen LogP contribution < -0.4 is 5.32 Å². The lowest BCUT2D eigenvalue weighted by Crippen LogP contribution is -2.38. The molecular formula is C11H21N. The Kier molecular flexibility index (Phi) is 1.76. The Morgan fingerprint density at radius 3 is 2.42 bits per heavy atom. The molecule has 1 saturated heterocycles. The monoisotopic (exact) mass is 167 g/mol. The first-order chi connectivity index (χ1) is 5.58. The van der Waals surface area contributed by atoms with Gasteiger partial charge in [-0.15, -0.1) is 0 Å². The van der Waals surface area contributed by atoms with Gasteiger partial charge in [0.2, 0.25) is 0 Å². The fourth-order valence-electron chi connectivity index (χ4n) is 3.48. The first-order valence-electron chi connectivity index (χ1n) is 5.29. The van der Waals surface area contributed by atoms with E-state index in [1.807, 2.05) is 0 Å². The van der Waals surface area contributed by atoms with Gasteiger partial charge in [0.1, 0.15) is 0 Å². The molecule has 2 fully saturated rings. The van der Waals surface area contributed by atoms with Crippen molar-refractivity contribution in [2.24, 2.45) is 16.7 Å². The largest absolute Gasteiger partial charge is 0.316 e. The van der Waals surface area contributed by atoms with Crippen molar-refractivity contribution >= 4 is 0 Å². The van der Waals surface area contributed by atoms with E-state index in [-0.39, 0.29) is 0 Å². The second-order valence-corrected chi connectivity index (χ2v) is 5.41. The molecule has 1 aliphatic heterocycles. The molecule has 2 rings (SSSR count). The van der Waals surface area contributed by atoms with Gasteiger partial charge in [0.15, 0.2) is 0 Å². The fraction of sp³-hybridized carbons (Fsp3) is 1.00. The summed E-state index contributed by atoms with van der Waals surface area (Å²) in [7, 11) is 0. The number of hydrogen-bond acceptors (Lipinski definition) is 1. The molecule has 1 heteroatoms. The molecule has 0 aromatic rings. The fourth-order valence-corrected chi connectivity index (χ4v) is 3.48. The molecule has 1 heterocycles. The molecule has 12 heavy (non-hydrogen) atoms. The third kappa shape index (κ3) is 0.891. The highest BCUT2D eigenvalue weighted by Crippen LogP contribution is 2.58. The quantitative estimate of drug-likeness (QED) is 0.584. The second kappa shape index (κ2) is 2.47. The topological polar surface area (TPSA) is 12.0 Å². The smallest absolute Gasteiger partial charge is 0.00160 e. The van der Waals surface area contributed by atoms with Crippen molar-refractivity contribution < 1.29 is 0 Å². The van der Waals surface area contributed by atoms with Gasteiger partial charge in [-0.1, -0.05) is 20.8 Å². The molecule has 70 valence electrons. The average Bonchev–Trinajstić information content (AvgIpc) is 2.55. The highest BCUT2D eigenvalue weighted by molar-refractivity contribution is 5.05. The lowest BCUT2D eigenvalue weighted by atomic mass is 9.64. The van der Waals surface area contributed by atoms with Crippen molar-refractivity contribution in [3.63, 3.8) is 0 Å². The van der Waals surface area contributed by atoms with Gasteiger partial charge in [-0.05, 0) is 42.6 Å². The second-order valence-electron chi connectivity index (χ2n) is 5.41. The highest BCUT2D eigenvalue weighted by Gasteiger charge is 2.53. The van der Waals surface area contributed by atoms with E-state index in [9.17, 15) is 0 Å². The molecule has 0 bridgehead atoms. The van der Waals surface area contributed by atoms with Crippen LogP contribution in [-0.2, 0) is 0 Å². The van der Waals surface area contributed by atoms with Crippen molar-refractivity contribution in [2.45, 2.75) is 40.0 Å². The highest BCUT2D eigenvalue weighted by atomic mass is 14.9. The molecule has 2 aliphatic rings. The van der Waals surface area contributed by atoms with E-state index in [2.05, 4.69) is 26.1 Å². The lowest BCUT2D eigenvalue weighted by Gasteiger charge is -2.40. The van der Waals surface area contributed by atoms with E-state index in [0.717, 1.165) is 5.92 Å². The van der Waals surface area contributed by atoms with Crippen LogP contribution >= 0.6 is 0 Å². The molecule has 0 amide bonds. The first kappa shape index (κ1) is 8.55. The number of hydrogen-bond donors (Lipinski definition) is 1. The molecule has 2 unspecified atom stereocenters. The molecule has 1 N–H and O–H groups in total. The molecule has 1 saturated carbocycles. The zero-order chi connectivity index (χ0) is 8.82. The summed E-state index contributed by atoms with van der Waals surface area (Å²) in [6, 6.07) is 0. The molecule has 0 aromatic heterocycles. The summed E-state index contributed by atoms with van der Waals surface area (Å²) < 4.78 is 0. The van der Waals surface area contributed by atoms with Crippen LogP contribution in [0.4, 0.5) is 0 Å². The van der Waals surface area contributed by atoms with E-state index < -0.39 is 0 Å². The van der Waals surface area contributed by atoms with Crippen LogP contribution in [0.15, 0.2) is 0 Å². The molecule has 0 aromatic carbocycles. The summed E-state index contributed by atoms with van der Waals surface area (Å²) in [4.78, 5) is 0. The van der Waals surface area contributed by atoms with Crippen molar-refractivity contribution in [2.75, 3.05) is 13.1 Å². The van der Waals surface area contributed by atoms with Gasteiger partial charge < -0.3 is 5.32 Å². The van der Waals surface area contributed by atoms with Crippen molar-refractivity contribution in [3.8, 4) is 0 Å². The van der Waals surface area contributed by atoms with Crippen LogP contribution in [0, 0.1) is 16.7 Å². The third-order valence-corrected chi connectivity index (χ3v) is 4.68. The zero-order valence-corrected chi connectivity index (χ0v) is 8.61. The summed E-state index contributed by atoms with van der Waals surface area (Å²) in [5.74, 6) is 0.933. The molecule has 1 aliphatic carbocycles. The summed E-state index contributed by atoms with van der Waals surface area (Å²) in [6.07, 6.45) is 4.27. The lowest BCUT2D eigenvalue weighted by molar-refractivity contribution is 0.0930. The van der Waals surface area contributed by atoms with Crippen molar-refractivity contribution in [1.82, 2.24) is 5.32 Å². The summed E-state index contributed by atoms with van der Waals surface area (Å²) in [5.41, 5.74) is 1.21. The van der Waals surface area contributed by atoms with Crippen LogP contribution in [0.2, 0.25) is 0 Å². The average molecular weight is 167 g/mol. The van der Waals surface area contributed by atoms with Crippen molar-refractivity contribution in [3.05, 3.63) is 0 Å². The van der Waals surface area contributed by atoms with Crippen LogP contribution in [-0.4, -0.2) is 13.1 Å². The number of nitrogens with one attached hydrogen (secondary N) is 1. The number of rotatable bonds is 0. The van der Waals surface area contributed by atoms with Gasteiger partial charge in [-0.2, -0.15) is 0 Å². The third-order valence-electron chi connectivity index (χ3n) is 4.68. The van der Waals surface area contributed by atoms with Gasteiger partial charge >= 0.3 is 0 Å². The maximum absolute atomic E-state index is 3.54. The standard InChI is InChI=1S/C11H21N/c1-9-4-5-10(2,3)11(9)6-7-12-8-11/h9,12H,4-8H2,1-3H3. The minimum atomic E-state index is 0.579. The molecule has 0 radical (unpaired) electrons. The minimum absolute atomic E-state index is 0.579. The normalized spacial score (nSPS) is 45.8. The SMILES string of the molecule is CC1CCC(C)(C)C12CCNC2. The Morgan fingerprint density at radius 2 is 2.00 bits per heavy atom. The Labute approximate surface area is 75.9 Å². The Balaban J connectivity index is 2.29. The zero-order valence-electron chi connectivity index (χ0n) is 8.61. The van der Waals surface area contributed by atoms with Gasteiger partial charge in [0.25, 0.3) is 0 Å². The predicted molar refractivity (Wildman–Crippen MR) is 52.1 cm³/mol. The molecule has 1 nitrogen and oxygen atoms in total. The van der Waals surface area contributed by atoms with Crippen LogP contribution in [0.3, 0.4) is 0 Å². The molecule has 2 atom stereocenters. The first-order valence-corrected chi connectivity index (χ1v) is 5.29. The van der Waals surface area contributed by atoms with Crippen molar-refractivity contribution in [1.29, 1.82) is 0 Å². The van der Waals surface area contributed by atoms with E-state index in [0.29, 0.717) is 10.8 Å². The van der Waals surface area contributed by atoms with E-state index in [1.165, 1.54) is 32.4 Å². The maximum atomic E-state index is 3.54. The van der Waals surface area contributed by atoms with Gasteiger partial charge in [0.05, 0.1) is 0 Å². The van der Waals surface area contributed by atoms with Gasteiger partial charge in [-0.25, -0.2) is 0 Å².